The maximum absolute atomic E-state index is 13.6. The quantitative estimate of drug-likeness (QED) is 0.690. The second-order valence-corrected chi connectivity index (χ2v) is 8.64. The van der Waals surface area contributed by atoms with Crippen LogP contribution in [-0.4, -0.2) is 55.5 Å². The second kappa shape index (κ2) is 10.1. The fourth-order valence-corrected chi connectivity index (χ4v) is 4.98. The van der Waals surface area contributed by atoms with Gasteiger partial charge in [0.25, 0.3) is 0 Å². The average molecular weight is 437 g/mol. The van der Waals surface area contributed by atoms with Gasteiger partial charge in [0.2, 0.25) is 11.8 Å². The molecule has 2 aromatic carbocycles. The third kappa shape index (κ3) is 4.74. The Hall–Kier alpha value is -3.02. The fraction of sp³-hybridized carbons (Fsp3) is 0.462. The predicted octanol–water partition coefficient (Wildman–Crippen LogP) is 3.85. The van der Waals surface area contributed by atoms with E-state index in [4.69, 9.17) is 9.47 Å². The number of likely N-dealkylation sites (tertiary alicyclic amines) is 2. The summed E-state index contributed by atoms with van der Waals surface area (Å²) in [5.41, 5.74) is 2.00. The molecule has 6 heteroatoms. The van der Waals surface area contributed by atoms with Crippen LogP contribution in [0.4, 0.5) is 0 Å². The van der Waals surface area contributed by atoms with Crippen LogP contribution in [0.25, 0.3) is 0 Å². The van der Waals surface area contributed by atoms with Crippen LogP contribution in [0.1, 0.15) is 42.9 Å². The summed E-state index contributed by atoms with van der Waals surface area (Å²) in [6, 6.07) is 15.5. The third-order valence-electron chi connectivity index (χ3n) is 6.65. The summed E-state index contributed by atoms with van der Waals surface area (Å²) >= 11 is 0. The molecule has 0 saturated carbocycles. The molecule has 2 aliphatic rings. The molecule has 32 heavy (non-hydrogen) atoms. The van der Waals surface area contributed by atoms with Crippen molar-refractivity contribution in [3.63, 3.8) is 0 Å². The number of hydrogen-bond acceptors (Lipinski definition) is 4. The Labute approximate surface area is 190 Å². The molecule has 2 fully saturated rings. The molecule has 0 aromatic heterocycles. The van der Waals surface area contributed by atoms with Gasteiger partial charge in [0.15, 0.2) is 0 Å². The number of nitrogens with zero attached hydrogens (tertiary/aromatic N) is 2. The number of benzene rings is 2. The lowest BCUT2D eigenvalue weighted by Gasteiger charge is -2.36. The molecule has 2 aliphatic heterocycles. The average Bonchev–Trinajstić information content (AvgIpc) is 3.33. The molecule has 0 spiro atoms. The maximum atomic E-state index is 13.6. The van der Waals surface area contributed by atoms with Crippen molar-refractivity contribution >= 4 is 11.8 Å². The number of rotatable bonds is 6. The molecule has 2 atom stereocenters. The lowest BCUT2D eigenvalue weighted by Crippen LogP contribution is -2.47. The Kier molecular flexibility index (Phi) is 6.98. The fourth-order valence-electron chi connectivity index (χ4n) is 4.98. The van der Waals surface area contributed by atoms with E-state index in [-0.39, 0.29) is 23.8 Å². The Morgan fingerprint density at radius 2 is 1.75 bits per heavy atom. The number of amides is 2. The van der Waals surface area contributed by atoms with Gasteiger partial charge in [0, 0.05) is 25.2 Å². The SMILES string of the molecule is COc1ccc(OC)c(C2CCCN2C(=O)C2CCCN(C(=O)Cc3ccccc3)C2)c1. The van der Waals surface area contributed by atoms with Crippen LogP contribution < -0.4 is 9.47 Å². The first-order valence-corrected chi connectivity index (χ1v) is 11.4. The first-order chi connectivity index (χ1) is 15.6. The molecule has 0 aliphatic carbocycles. The van der Waals surface area contributed by atoms with Crippen molar-refractivity contribution in [3.05, 3.63) is 59.7 Å². The van der Waals surface area contributed by atoms with E-state index < -0.39 is 0 Å². The summed E-state index contributed by atoms with van der Waals surface area (Å²) in [6.45, 7) is 1.96. The molecular formula is C26H32N2O4. The molecule has 0 radical (unpaired) electrons. The minimum atomic E-state index is -0.152. The molecule has 2 saturated heterocycles. The van der Waals surface area contributed by atoms with Crippen molar-refractivity contribution in [1.82, 2.24) is 9.80 Å². The summed E-state index contributed by atoms with van der Waals surface area (Å²) in [6.07, 6.45) is 3.93. The summed E-state index contributed by atoms with van der Waals surface area (Å²) in [5.74, 6) is 1.63. The molecule has 2 aromatic rings. The van der Waals surface area contributed by atoms with Crippen LogP contribution in [0.3, 0.4) is 0 Å². The standard InChI is InChI=1S/C26H32N2O4/c1-31-21-12-13-24(32-2)22(17-21)23-11-7-15-28(23)26(30)20-10-6-14-27(18-20)25(29)16-19-8-4-3-5-9-19/h3-5,8-9,12-13,17,20,23H,6-7,10-11,14-16,18H2,1-2H3. The molecule has 2 amide bonds. The van der Waals surface area contributed by atoms with Crippen LogP contribution >= 0.6 is 0 Å². The molecule has 6 nitrogen and oxygen atoms in total. The topological polar surface area (TPSA) is 59.1 Å². The van der Waals surface area contributed by atoms with Crippen molar-refractivity contribution in [2.45, 2.75) is 38.1 Å². The number of piperidine rings is 1. The Morgan fingerprint density at radius 1 is 0.969 bits per heavy atom. The zero-order chi connectivity index (χ0) is 22.5. The van der Waals surface area contributed by atoms with E-state index >= 15 is 0 Å². The van der Waals surface area contributed by atoms with Gasteiger partial charge >= 0.3 is 0 Å². The highest BCUT2D eigenvalue weighted by molar-refractivity contribution is 5.83. The van der Waals surface area contributed by atoms with E-state index in [1.165, 1.54) is 0 Å². The summed E-state index contributed by atoms with van der Waals surface area (Å²) in [4.78, 5) is 30.3. The number of carbonyl (C=O) groups is 2. The molecule has 0 N–H and O–H groups in total. The molecular weight excluding hydrogens is 404 g/mol. The van der Waals surface area contributed by atoms with E-state index in [2.05, 4.69) is 0 Å². The van der Waals surface area contributed by atoms with E-state index in [1.807, 2.05) is 58.3 Å². The zero-order valence-electron chi connectivity index (χ0n) is 19.0. The van der Waals surface area contributed by atoms with Crippen molar-refractivity contribution < 1.29 is 19.1 Å². The zero-order valence-corrected chi connectivity index (χ0v) is 19.0. The second-order valence-electron chi connectivity index (χ2n) is 8.64. The van der Waals surface area contributed by atoms with Gasteiger partial charge < -0.3 is 19.3 Å². The maximum Gasteiger partial charge on any atom is 0.227 e. The van der Waals surface area contributed by atoms with Gasteiger partial charge in [-0.05, 0) is 49.4 Å². The van der Waals surface area contributed by atoms with Gasteiger partial charge in [0.05, 0.1) is 32.6 Å². The monoisotopic (exact) mass is 436 g/mol. The molecule has 170 valence electrons. The van der Waals surface area contributed by atoms with Crippen molar-refractivity contribution in [3.8, 4) is 11.5 Å². The lowest BCUT2D eigenvalue weighted by molar-refractivity contribution is -0.141. The van der Waals surface area contributed by atoms with Crippen LogP contribution in [0.15, 0.2) is 48.5 Å². The smallest absolute Gasteiger partial charge is 0.227 e. The number of ether oxygens (including phenoxy) is 2. The predicted molar refractivity (Wildman–Crippen MR) is 123 cm³/mol. The molecule has 4 rings (SSSR count). The normalized spacial score (nSPS) is 20.8. The molecule has 0 bridgehead atoms. The van der Waals surface area contributed by atoms with Crippen LogP contribution in [0, 0.1) is 5.92 Å². The van der Waals surface area contributed by atoms with Crippen molar-refractivity contribution in [2.24, 2.45) is 5.92 Å². The van der Waals surface area contributed by atoms with Gasteiger partial charge in [-0.3, -0.25) is 9.59 Å². The van der Waals surface area contributed by atoms with E-state index in [0.717, 1.165) is 61.4 Å². The summed E-state index contributed by atoms with van der Waals surface area (Å²) in [7, 11) is 3.30. The van der Waals surface area contributed by atoms with Crippen LogP contribution in [0.2, 0.25) is 0 Å². The lowest BCUT2D eigenvalue weighted by atomic mass is 9.94. The van der Waals surface area contributed by atoms with Gasteiger partial charge in [-0.15, -0.1) is 0 Å². The van der Waals surface area contributed by atoms with Gasteiger partial charge in [-0.25, -0.2) is 0 Å². The van der Waals surface area contributed by atoms with E-state index in [0.29, 0.717) is 13.0 Å². The van der Waals surface area contributed by atoms with Gasteiger partial charge in [-0.1, -0.05) is 30.3 Å². The Morgan fingerprint density at radius 3 is 2.50 bits per heavy atom. The first kappa shape index (κ1) is 22.2. The van der Waals surface area contributed by atoms with E-state index in [9.17, 15) is 9.59 Å². The Balaban J connectivity index is 1.47. The van der Waals surface area contributed by atoms with Gasteiger partial charge in [-0.2, -0.15) is 0 Å². The number of hydrogen-bond donors (Lipinski definition) is 0. The van der Waals surface area contributed by atoms with E-state index in [1.54, 1.807) is 14.2 Å². The highest BCUT2D eigenvalue weighted by Crippen LogP contribution is 2.40. The third-order valence-corrected chi connectivity index (χ3v) is 6.65. The van der Waals surface area contributed by atoms with Crippen molar-refractivity contribution in [2.75, 3.05) is 33.9 Å². The molecule has 2 heterocycles. The highest BCUT2D eigenvalue weighted by Gasteiger charge is 2.37. The number of methoxy groups -OCH3 is 2. The number of carbonyl (C=O) groups excluding carboxylic acids is 2. The van der Waals surface area contributed by atoms with Gasteiger partial charge in [0.1, 0.15) is 11.5 Å². The molecule has 2 unspecified atom stereocenters. The Bertz CT molecular complexity index is 946. The largest absolute Gasteiger partial charge is 0.497 e. The minimum Gasteiger partial charge on any atom is -0.497 e. The van der Waals surface area contributed by atoms with Crippen LogP contribution in [-0.2, 0) is 16.0 Å². The first-order valence-electron chi connectivity index (χ1n) is 11.4. The van der Waals surface area contributed by atoms with Crippen LogP contribution in [0.5, 0.6) is 11.5 Å². The van der Waals surface area contributed by atoms with Crippen molar-refractivity contribution in [1.29, 1.82) is 0 Å². The summed E-state index contributed by atoms with van der Waals surface area (Å²) < 4.78 is 11.0. The highest BCUT2D eigenvalue weighted by atomic mass is 16.5. The summed E-state index contributed by atoms with van der Waals surface area (Å²) in [5, 5.41) is 0. The minimum absolute atomic E-state index is 0.0250.